The molecule has 0 aliphatic rings. The Hall–Kier alpha value is -1.33. The van der Waals surface area contributed by atoms with Crippen LogP contribution in [0.2, 0.25) is 0 Å². The molecule has 0 saturated heterocycles. The second-order valence-electron chi connectivity index (χ2n) is 4.42. The molecule has 2 rings (SSSR count). The highest BCUT2D eigenvalue weighted by Crippen LogP contribution is 2.23. The van der Waals surface area contributed by atoms with Gasteiger partial charge >= 0.3 is 0 Å². The smallest absolute Gasteiger partial charge is 0.146 e. The van der Waals surface area contributed by atoms with Crippen LogP contribution < -0.4 is 5.32 Å². The minimum Gasteiger partial charge on any atom is -0.309 e. The number of aromatic nitrogens is 1. The van der Waals surface area contributed by atoms with Crippen LogP contribution in [0.25, 0.3) is 0 Å². The summed E-state index contributed by atoms with van der Waals surface area (Å²) >= 11 is 3.32. The first kappa shape index (κ1) is 15.1. The zero-order valence-corrected chi connectivity index (χ0v) is 12.6. The summed E-state index contributed by atoms with van der Waals surface area (Å²) < 4.78 is 28.5. The maximum absolute atomic E-state index is 13.8. The van der Waals surface area contributed by atoms with E-state index in [1.807, 2.05) is 6.92 Å². The predicted octanol–water partition coefficient (Wildman–Crippen LogP) is 4.02. The quantitative estimate of drug-likeness (QED) is 0.889. The number of hydrogen-bond acceptors (Lipinski definition) is 2. The molecule has 1 aromatic carbocycles. The highest BCUT2D eigenvalue weighted by atomic mass is 79.9. The third kappa shape index (κ3) is 3.61. The molecule has 106 valence electrons. The molecular formula is C15H15BrF2N2. The normalized spacial score (nSPS) is 12.4. The van der Waals surface area contributed by atoms with E-state index in [9.17, 15) is 8.78 Å². The number of nitrogens with zero attached hydrogens (tertiary/aromatic N) is 1. The third-order valence-electron chi connectivity index (χ3n) is 3.00. The molecule has 2 aromatic rings. The van der Waals surface area contributed by atoms with E-state index in [1.165, 1.54) is 12.1 Å². The summed E-state index contributed by atoms with van der Waals surface area (Å²) in [6, 6.07) is 7.30. The Morgan fingerprint density at radius 3 is 2.75 bits per heavy atom. The van der Waals surface area contributed by atoms with Crippen molar-refractivity contribution in [2.45, 2.75) is 19.4 Å². The molecule has 0 aliphatic carbocycles. The van der Waals surface area contributed by atoms with Gasteiger partial charge in [0.2, 0.25) is 0 Å². The Morgan fingerprint density at radius 2 is 2.05 bits per heavy atom. The van der Waals surface area contributed by atoms with Crippen molar-refractivity contribution in [2.75, 3.05) is 6.54 Å². The summed E-state index contributed by atoms with van der Waals surface area (Å²) in [5, 5.41) is 3.15. The molecular weight excluding hydrogens is 326 g/mol. The van der Waals surface area contributed by atoms with E-state index < -0.39 is 0 Å². The van der Waals surface area contributed by atoms with Crippen LogP contribution in [0, 0.1) is 11.6 Å². The Labute approximate surface area is 125 Å². The standard InChI is InChI=1S/C15H15BrF2N2/c1-2-19-14(15-13(18)4-3-7-20-15)9-10-8-11(16)5-6-12(10)17/h3-8,14,19H,2,9H2,1H3. The Balaban J connectivity index is 2.30. The molecule has 20 heavy (non-hydrogen) atoms. The fourth-order valence-corrected chi connectivity index (χ4v) is 2.49. The van der Waals surface area contributed by atoms with Gasteiger partial charge in [0.1, 0.15) is 11.6 Å². The van der Waals surface area contributed by atoms with Crippen molar-refractivity contribution in [1.82, 2.24) is 10.3 Å². The lowest BCUT2D eigenvalue weighted by Gasteiger charge is -2.18. The Bertz CT molecular complexity index is 590. The lowest BCUT2D eigenvalue weighted by Crippen LogP contribution is -2.25. The second kappa shape index (κ2) is 6.90. The van der Waals surface area contributed by atoms with Crippen molar-refractivity contribution in [3.05, 3.63) is 63.9 Å². The molecule has 0 amide bonds. The van der Waals surface area contributed by atoms with E-state index in [1.54, 1.807) is 24.4 Å². The van der Waals surface area contributed by atoms with E-state index in [2.05, 4.69) is 26.2 Å². The number of likely N-dealkylation sites (N-methyl/N-ethyl adjacent to an activating group) is 1. The van der Waals surface area contributed by atoms with Crippen molar-refractivity contribution in [2.24, 2.45) is 0 Å². The number of pyridine rings is 1. The van der Waals surface area contributed by atoms with Crippen LogP contribution in [-0.2, 0) is 6.42 Å². The van der Waals surface area contributed by atoms with E-state index in [-0.39, 0.29) is 17.7 Å². The first-order chi connectivity index (χ1) is 9.61. The largest absolute Gasteiger partial charge is 0.309 e. The molecule has 1 aromatic heterocycles. The average molecular weight is 341 g/mol. The third-order valence-corrected chi connectivity index (χ3v) is 3.49. The van der Waals surface area contributed by atoms with Gasteiger partial charge in [-0.15, -0.1) is 0 Å². The number of halogens is 3. The number of rotatable bonds is 5. The van der Waals surface area contributed by atoms with Crippen molar-refractivity contribution in [3.8, 4) is 0 Å². The summed E-state index contributed by atoms with van der Waals surface area (Å²) in [5.41, 5.74) is 0.837. The lowest BCUT2D eigenvalue weighted by molar-refractivity contribution is 0.484. The Morgan fingerprint density at radius 1 is 1.25 bits per heavy atom. The minimum absolute atomic E-state index is 0.299. The zero-order chi connectivity index (χ0) is 14.5. The van der Waals surface area contributed by atoms with Crippen LogP contribution in [0.15, 0.2) is 41.0 Å². The SMILES string of the molecule is CCNC(Cc1cc(Br)ccc1F)c1ncccc1F. The van der Waals surface area contributed by atoms with Gasteiger partial charge in [0, 0.05) is 10.7 Å². The van der Waals surface area contributed by atoms with Crippen molar-refractivity contribution >= 4 is 15.9 Å². The van der Waals surface area contributed by atoms with Crippen LogP contribution in [0.5, 0.6) is 0 Å². The van der Waals surface area contributed by atoms with Crippen molar-refractivity contribution in [1.29, 1.82) is 0 Å². The fraction of sp³-hybridized carbons (Fsp3) is 0.267. The summed E-state index contributed by atoms with van der Waals surface area (Å²) in [6.45, 7) is 2.57. The molecule has 0 aliphatic heterocycles. The topological polar surface area (TPSA) is 24.9 Å². The van der Waals surface area contributed by atoms with Gasteiger partial charge in [-0.1, -0.05) is 22.9 Å². The molecule has 5 heteroatoms. The van der Waals surface area contributed by atoms with E-state index in [4.69, 9.17) is 0 Å². The van der Waals surface area contributed by atoms with E-state index in [0.29, 0.717) is 24.2 Å². The highest BCUT2D eigenvalue weighted by molar-refractivity contribution is 9.10. The van der Waals surface area contributed by atoms with Crippen molar-refractivity contribution in [3.63, 3.8) is 0 Å². The predicted molar refractivity (Wildman–Crippen MR) is 78.4 cm³/mol. The van der Waals surface area contributed by atoms with Crippen LogP contribution in [-0.4, -0.2) is 11.5 Å². The van der Waals surface area contributed by atoms with Gasteiger partial charge in [-0.2, -0.15) is 0 Å². The van der Waals surface area contributed by atoms with Crippen LogP contribution in [0.3, 0.4) is 0 Å². The van der Waals surface area contributed by atoms with Gasteiger partial charge in [0.25, 0.3) is 0 Å². The number of hydrogen-bond donors (Lipinski definition) is 1. The maximum atomic E-state index is 13.8. The van der Waals surface area contributed by atoms with Gasteiger partial charge in [0.05, 0.1) is 11.7 Å². The molecule has 1 heterocycles. The highest BCUT2D eigenvalue weighted by Gasteiger charge is 2.18. The van der Waals surface area contributed by atoms with Crippen LogP contribution in [0.1, 0.15) is 24.2 Å². The summed E-state index contributed by atoms with van der Waals surface area (Å²) in [6.07, 6.45) is 1.88. The van der Waals surface area contributed by atoms with Gasteiger partial charge < -0.3 is 5.32 Å². The Kier molecular flexibility index (Phi) is 5.20. The van der Waals surface area contributed by atoms with Crippen LogP contribution >= 0.6 is 15.9 Å². The molecule has 0 bridgehead atoms. The molecule has 0 saturated carbocycles. The molecule has 1 unspecified atom stereocenters. The number of nitrogens with one attached hydrogen (secondary N) is 1. The average Bonchev–Trinajstić information content (AvgIpc) is 2.43. The molecule has 0 radical (unpaired) electrons. The fourth-order valence-electron chi connectivity index (χ4n) is 2.09. The van der Waals surface area contributed by atoms with Gasteiger partial charge in [0.15, 0.2) is 0 Å². The monoisotopic (exact) mass is 340 g/mol. The maximum Gasteiger partial charge on any atom is 0.146 e. The van der Waals surface area contributed by atoms with Gasteiger partial charge in [-0.25, -0.2) is 8.78 Å². The zero-order valence-electron chi connectivity index (χ0n) is 11.0. The van der Waals surface area contributed by atoms with E-state index in [0.717, 1.165) is 4.47 Å². The van der Waals surface area contributed by atoms with Crippen LogP contribution in [0.4, 0.5) is 8.78 Å². The summed E-state index contributed by atoms with van der Waals surface area (Å²) in [4.78, 5) is 4.07. The molecule has 1 atom stereocenters. The number of benzene rings is 1. The summed E-state index contributed by atoms with van der Waals surface area (Å²) in [7, 11) is 0. The minimum atomic E-state index is -0.381. The first-order valence-corrected chi connectivity index (χ1v) is 7.18. The molecule has 0 fully saturated rings. The molecule has 0 spiro atoms. The van der Waals surface area contributed by atoms with Crippen molar-refractivity contribution < 1.29 is 8.78 Å². The first-order valence-electron chi connectivity index (χ1n) is 6.39. The molecule has 1 N–H and O–H groups in total. The van der Waals surface area contributed by atoms with Gasteiger partial charge in [-0.05, 0) is 48.9 Å². The van der Waals surface area contributed by atoms with E-state index >= 15 is 0 Å². The van der Waals surface area contributed by atoms with Gasteiger partial charge in [-0.3, -0.25) is 4.98 Å². The molecule has 2 nitrogen and oxygen atoms in total. The summed E-state index contributed by atoms with van der Waals surface area (Å²) in [5.74, 6) is -0.679. The second-order valence-corrected chi connectivity index (χ2v) is 5.34. The lowest BCUT2D eigenvalue weighted by atomic mass is 10.0.